The summed E-state index contributed by atoms with van der Waals surface area (Å²) in [7, 11) is 0. The molecule has 2 rings (SSSR count). The maximum atomic E-state index is 10.7. The predicted molar refractivity (Wildman–Crippen MR) is 72.8 cm³/mol. The molecule has 0 aliphatic carbocycles. The second kappa shape index (κ2) is 5.45. The molecule has 2 aromatic carbocycles. The van der Waals surface area contributed by atoms with Gasteiger partial charge in [0.25, 0.3) is 0 Å². The summed E-state index contributed by atoms with van der Waals surface area (Å²) in [4.78, 5) is 10.4. The first-order valence-electron chi connectivity index (χ1n) is 4.85. The van der Waals surface area contributed by atoms with Crippen molar-refractivity contribution < 1.29 is 4.92 Å². The van der Waals surface area contributed by atoms with Crippen LogP contribution < -0.4 is 4.46 Å². The third-order valence-corrected chi connectivity index (χ3v) is 5.21. The number of non-ortho nitro benzene ring substituents is 1. The monoisotopic (exact) mass is 357 g/mol. The first-order chi connectivity index (χ1) is 8.22. The van der Waals surface area contributed by atoms with Crippen molar-refractivity contribution in [2.45, 2.75) is 0 Å². The van der Waals surface area contributed by atoms with Crippen LogP contribution in [0.25, 0.3) is 11.1 Å². The Labute approximate surface area is 112 Å². The number of hydrogen-bond donors (Lipinski definition) is 0. The summed E-state index contributed by atoms with van der Waals surface area (Å²) in [5.41, 5.74) is 2.27. The van der Waals surface area contributed by atoms with E-state index in [0.29, 0.717) is 0 Å². The van der Waals surface area contributed by atoms with Gasteiger partial charge in [-0.1, -0.05) is 0 Å². The molecule has 0 aromatic heterocycles. The molecule has 0 fully saturated rings. The third-order valence-electron chi connectivity index (χ3n) is 2.34. The first-order valence-corrected chi connectivity index (χ1v) is 9.71. The van der Waals surface area contributed by atoms with Crippen LogP contribution >= 0.6 is 14.1 Å². The van der Waals surface area contributed by atoms with E-state index >= 15 is 0 Å². The summed E-state index contributed by atoms with van der Waals surface area (Å²) in [6.07, 6.45) is 0. The Balaban J connectivity index is 2.52. The van der Waals surface area contributed by atoms with E-state index in [9.17, 15) is 10.1 Å². The first kappa shape index (κ1) is 12.3. The van der Waals surface area contributed by atoms with Gasteiger partial charge in [0.1, 0.15) is 0 Å². The van der Waals surface area contributed by atoms with Gasteiger partial charge in [0.15, 0.2) is 0 Å². The minimum absolute atomic E-state index is 0.0458. The summed E-state index contributed by atoms with van der Waals surface area (Å²) in [6.45, 7) is 0. The summed E-state index contributed by atoms with van der Waals surface area (Å²) >= 11 is 3.47. The Morgan fingerprint density at radius 1 is 1.12 bits per heavy atom. The Kier molecular flexibility index (Phi) is 3.94. The van der Waals surface area contributed by atoms with Crippen LogP contribution in [0, 0.1) is 10.1 Å². The van der Waals surface area contributed by atoms with E-state index in [1.807, 2.05) is 36.4 Å². The molecule has 0 N–H and O–H groups in total. The molecule has 0 atom stereocenters. The molecule has 86 valence electrons. The van der Waals surface area contributed by atoms with Crippen LogP contribution in [0.1, 0.15) is 0 Å². The summed E-state index contributed by atoms with van der Waals surface area (Å²) in [6, 6.07) is 14.9. The number of nitrogens with zero attached hydrogens (tertiary/aromatic N) is 1. The predicted octanol–water partition coefficient (Wildman–Crippen LogP) is 2.90. The van der Waals surface area contributed by atoms with Gasteiger partial charge in [-0.15, -0.1) is 0 Å². The molecule has 0 bridgehead atoms. The molecule has 5 heteroatoms. The zero-order chi connectivity index (χ0) is 12.3. The second-order valence-electron chi connectivity index (χ2n) is 3.38. The van der Waals surface area contributed by atoms with Gasteiger partial charge < -0.3 is 0 Å². The molecule has 3 nitrogen and oxygen atoms in total. The fraction of sp³-hybridized carbons (Fsp3) is 0. The van der Waals surface area contributed by atoms with Crippen LogP contribution in [0.2, 0.25) is 0 Å². The Morgan fingerprint density at radius 3 is 2.41 bits per heavy atom. The van der Waals surface area contributed by atoms with E-state index in [2.05, 4.69) is 14.1 Å². The molecular formula is C12H8BrNO2Se. The second-order valence-corrected chi connectivity index (χ2v) is 6.31. The van der Waals surface area contributed by atoms with Gasteiger partial charge in [-0.25, -0.2) is 0 Å². The minimum atomic E-state index is -0.364. The van der Waals surface area contributed by atoms with Crippen molar-refractivity contribution in [2.24, 2.45) is 0 Å². The third kappa shape index (κ3) is 2.75. The van der Waals surface area contributed by atoms with E-state index in [4.69, 9.17) is 0 Å². The van der Waals surface area contributed by atoms with Crippen molar-refractivity contribution in [3.63, 3.8) is 0 Å². The van der Waals surface area contributed by atoms with Gasteiger partial charge in [0.05, 0.1) is 0 Å². The van der Waals surface area contributed by atoms with E-state index in [1.54, 1.807) is 12.1 Å². The molecule has 0 radical (unpaired) electrons. The van der Waals surface area contributed by atoms with Crippen molar-refractivity contribution >= 4 is 37.4 Å². The number of nitro benzene ring substituents is 1. The number of rotatable bonds is 3. The molecule has 0 amide bonds. The molecule has 0 saturated heterocycles. The Bertz CT molecular complexity index is 545. The standard InChI is InChI=1S/C12H8BrNO2Se/c13-17-12-8-10(14(15)16)6-7-11(12)9-4-2-1-3-5-9/h1-8H. The normalized spacial score (nSPS) is 10.2. The van der Waals surface area contributed by atoms with Gasteiger partial charge in [-0.2, -0.15) is 0 Å². The van der Waals surface area contributed by atoms with Crippen molar-refractivity contribution in [3.05, 3.63) is 58.6 Å². The average molecular weight is 357 g/mol. The van der Waals surface area contributed by atoms with Crippen molar-refractivity contribution in [3.8, 4) is 11.1 Å². The van der Waals surface area contributed by atoms with Crippen molar-refractivity contribution in [1.82, 2.24) is 0 Å². The summed E-state index contributed by atoms with van der Waals surface area (Å²) in [5.74, 6) is 0. The van der Waals surface area contributed by atoms with E-state index in [0.717, 1.165) is 15.6 Å². The molecule has 0 unspecified atom stereocenters. The topological polar surface area (TPSA) is 43.1 Å². The van der Waals surface area contributed by atoms with E-state index < -0.39 is 0 Å². The molecule has 0 saturated carbocycles. The summed E-state index contributed by atoms with van der Waals surface area (Å²) in [5, 5.41) is 10.7. The molecule has 2 aromatic rings. The molecule has 0 spiro atoms. The molecule has 0 aliphatic heterocycles. The SMILES string of the molecule is O=[N+]([O-])c1ccc(-c2ccccc2)c([Se]Br)c1. The number of hydrogen-bond acceptors (Lipinski definition) is 2. The Morgan fingerprint density at radius 2 is 1.82 bits per heavy atom. The van der Waals surface area contributed by atoms with Gasteiger partial charge in [-0.05, 0) is 0 Å². The van der Waals surface area contributed by atoms with Gasteiger partial charge >= 0.3 is 112 Å². The zero-order valence-electron chi connectivity index (χ0n) is 8.67. The van der Waals surface area contributed by atoms with Gasteiger partial charge in [-0.3, -0.25) is 0 Å². The fourth-order valence-electron chi connectivity index (χ4n) is 1.54. The van der Waals surface area contributed by atoms with Crippen LogP contribution in [0.15, 0.2) is 48.5 Å². The molecular weight excluding hydrogens is 349 g/mol. The van der Waals surface area contributed by atoms with Gasteiger partial charge in [0.2, 0.25) is 0 Å². The molecule has 17 heavy (non-hydrogen) atoms. The van der Waals surface area contributed by atoms with Crippen LogP contribution in [0.5, 0.6) is 0 Å². The number of nitro groups is 1. The number of halogens is 1. The fourth-order valence-corrected chi connectivity index (χ4v) is 3.85. The van der Waals surface area contributed by atoms with Crippen LogP contribution in [-0.2, 0) is 0 Å². The van der Waals surface area contributed by atoms with E-state index in [1.165, 1.54) is 0 Å². The van der Waals surface area contributed by atoms with Crippen LogP contribution in [-0.4, -0.2) is 18.1 Å². The number of benzene rings is 2. The Hall–Kier alpha value is -1.16. The van der Waals surface area contributed by atoms with Crippen LogP contribution in [0.3, 0.4) is 0 Å². The zero-order valence-corrected chi connectivity index (χ0v) is 12.0. The quantitative estimate of drug-likeness (QED) is 0.482. The van der Waals surface area contributed by atoms with Gasteiger partial charge in [0, 0.05) is 0 Å². The maximum absolute atomic E-state index is 10.7. The van der Waals surface area contributed by atoms with Crippen molar-refractivity contribution in [2.75, 3.05) is 0 Å². The van der Waals surface area contributed by atoms with E-state index in [-0.39, 0.29) is 23.8 Å². The summed E-state index contributed by atoms with van der Waals surface area (Å²) < 4.78 is 0.984. The molecule has 0 aliphatic rings. The van der Waals surface area contributed by atoms with Crippen molar-refractivity contribution in [1.29, 1.82) is 0 Å². The van der Waals surface area contributed by atoms with Crippen LogP contribution in [0.4, 0.5) is 5.69 Å². The average Bonchev–Trinajstić information content (AvgIpc) is 2.39. The molecule has 0 heterocycles.